The van der Waals surface area contributed by atoms with Crippen molar-refractivity contribution in [3.8, 4) is 0 Å². The van der Waals surface area contributed by atoms with E-state index in [4.69, 9.17) is 15.9 Å². The lowest BCUT2D eigenvalue weighted by Gasteiger charge is -2.26. The molecular formula is C16H28N4O8S2. The Morgan fingerprint density at radius 2 is 1.57 bits per heavy atom. The first-order chi connectivity index (χ1) is 13.9. The highest BCUT2D eigenvalue weighted by Crippen LogP contribution is 2.04. The number of aliphatic carboxylic acids is 2. The average molecular weight is 469 g/mol. The molecule has 0 saturated heterocycles. The summed E-state index contributed by atoms with van der Waals surface area (Å²) in [6, 6.07) is -5.37. The fraction of sp³-hybridized carbons (Fsp3) is 0.688. The van der Waals surface area contributed by atoms with E-state index in [1.807, 2.05) is 5.32 Å². The molecule has 0 aromatic rings. The number of aliphatic hydroxyl groups excluding tert-OH is 1. The summed E-state index contributed by atoms with van der Waals surface area (Å²) in [5.41, 5.74) is 5.58. The molecule has 0 spiro atoms. The van der Waals surface area contributed by atoms with Gasteiger partial charge in [-0.05, 0) is 25.4 Å². The van der Waals surface area contributed by atoms with Crippen LogP contribution in [0.2, 0.25) is 0 Å². The zero-order valence-corrected chi connectivity index (χ0v) is 18.2. The van der Waals surface area contributed by atoms with E-state index in [9.17, 15) is 29.1 Å². The number of nitrogens with two attached hydrogens (primary N) is 1. The Kier molecular flexibility index (Phi) is 13.1. The number of hydrogen-bond acceptors (Lipinski definition) is 9. The number of amides is 3. The maximum absolute atomic E-state index is 12.6. The minimum atomic E-state index is -1.76. The third-order valence-corrected chi connectivity index (χ3v) is 4.87. The van der Waals surface area contributed by atoms with Crippen molar-refractivity contribution in [2.75, 3.05) is 17.8 Å². The summed E-state index contributed by atoms with van der Waals surface area (Å²) >= 11 is 5.32. The SMILES string of the molecule is CSCCC(NC(=O)C(N)CS)C(=O)NC(C(=O)NC(CC(=O)O)C(=O)O)C(C)O. The predicted molar refractivity (Wildman–Crippen MR) is 112 cm³/mol. The van der Waals surface area contributed by atoms with Gasteiger partial charge in [0.25, 0.3) is 0 Å². The number of rotatable bonds is 14. The van der Waals surface area contributed by atoms with Gasteiger partial charge < -0.3 is 37.0 Å². The summed E-state index contributed by atoms with van der Waals surface area (Å²) in [4.78, 5) is 58.9. The molecule has 0 aliphatic rings. The molecule has 5 unspecified atom stereocenters. The number of carbonyl (C=O) groups excluding carboxylic acids is 3. The second-order valence-corrected chi connectivity index (χ2v) is 7.71. The zero-order valence-electron chi connectivity index (χ0n) is 16.5. The molecular weight excluding hydrogens is 440 g/mol. The number of nitrogens with one attached hydrogen (secondary N) is 3. The Morgan fingerprint density at radius 3 is 2.00 bits per heavy atom. The molecule has 8 N–H and O–H groups in total. The van der Waals surface area contributed by atoms with Crippen LogP contribution in [0.3, 0.4) is 0 Å². The van der Waals surface area contributed by atoms with Crippen molar-refractivity contribution in [2.24, 2.45) is 5.73 Å². The second kappa shape index (κ2) is 14.1. The number of thiol groups is 1. The minimum absolute atomic E-state index is 0.0432. The molecule has 14 heteroatoms. The first-order valence-electron chi connectivity index (χ1n) is 8.83. The van der Waals surface area contributed by atoms with Crippen LogP contribution in [0.5, 0.6) is 0 Å². The molecule has 0 fully saturated rings. The number of carboxylic acids is 2. The van der Waals surface area contributed by atoms with Crippen LogP contribution in [0, 0.1) is 0 Å². The third-order valence-electron chi connectivity index (χ3n) is 3.83. The topological polar surface area (TPSA) is 208 Å². The molecule has 0 aliphatic carbocycles. The first-order valence-corrected chi connectivity index (χ1v) is 10.9. The number of carboxylic acid groups (broad SMARTS) is 2. The van der Waals surface area contributed by atoms with Gasteiger partial charge in [0.15, 0.2) is 0 Å². The van der Waals surface area contributed by atoms with Crippen LogP contribution in [0.1, 0.15) is 19.8 Å². The molecule has 0 bridgehead atoms. The van der Waals surface area contributed by atoms with Gasteiger partial charge in [-0.1, -0.05) is 0 Å². The standard InChI is InChI=1S/C16H28N4O8S2/c1-7(21)12(15(26)19-10(16(27)28)5-11(22)23)20-14(25)9(3-4-30-2)18-13(24)8(17)6-29/h7-10,12,21,29H,3-6,17H2,1-2H3,(H,18,24)(H,19,26)(H,20,25)(H,22,23)(H,27,28). The van der Waals surface area contributed by atoms with Crippen molar-refractivity contribution in [1.82, 2.24) is 16.0 Å². The van der Waals surface area contributed by atoms with E-state index in [0.717, 1.165) is 0 Å². The van der Waals surface area contributed by atoms with E-state index in [-0.39, 0.29) is 12.2 Å². The maximum Gasteiger partial charge on any atom is 0.326 e. The lowest BCUT2D eigenvalue weighted by molar-refractivity contribution is -0.148. The lowest BCUT2D eigenvalue weighted by Crippen LogP contribution is -2.60. The summed E-state index contributed by atoms with van der Waals surface area (Å²) < 4.78 is 0. The van der Waals surface area contributed by atoms with Crippen molar-refractivity contribution in [3.63, 3.8) is 0 Å². The Labute approximate surface area is 183 Å². The van der Waals surface area contributed by atoms with Gasteiger partial charge in [0, 0.05) is 5.75 Å². The monoisotopic (exact) mass is 468 g/mol. The molecule has 0 aromatic carbocycles. The van der Waals surface area contributed by atoms with E-state index >= 15 is 0 Å². The van der Waals surface area contributed by atoms with Gasteiger partial charge in [-0.2, -0.15) is 24.4 Å². The number of aliphatic hydroxyl groups is 1. The van der Waals surface area contributed by atoms with Gasteiger partial charge in [0.1, 0.15) is 18.1 Å². The minimum Gasteiger partial charge on any atom is -0.481 e. The molecule has 0 heterocycles. The molecule has 0 aliphatic heterocycles. The summed E-state index contributed by atoms with van der Waals surface area (Å²) in [7, 11) is 0. The smallest absolute Gasteiger partial charge is 0.326 e. The van der Waals surface area contributed by atoms with Crippen molar-refractivity contribution in [1.29, 1.82) is 0 Å². The van der Waals surface area contributed by atoms with Crippen LogP contribution >= 0.6 is 24.4 Å². The fourth-order valence-electron chi connectivity index (χ4n) is 2.16. The number of thioether (sulfide) groups is 1. The van der Waals surface area contributed by atoms with Gasteiger partial charge in [0.05, 0.1) is 18.6 Å². The quantitative estimate of drug-likeness (QED) is 0.125. The largest absolute Gasteiger partial charge is 0.481 e. The van der Waals surface area contributed by atoms with Crippen molar-refractivity contribution < 1.29 is 39.3 Å². The second-order valence-electron chi connectivity index (χ2n) is 6.36. The molecule has 0 radical (unpaired) electrons. The highest BCUT2D eigenvalue weighted by molar-refractivity contribution is 7.98. The van der Waals surface area contributed by atoms with Crippen molar-refractivity contribution in [2.45, 2.75) is 50.0 Å². The highest BCUT2D eigenvalue weighted by atomic mass is 32.2. The highest BCUT2D eigenvalue weighted by Gasteiger charge is 2.33. The van der Waals surface area contributed by atoms with Crippen LogP contribution in [0.4, 0.5) is 0 Å². The van der Waals surface area contributed by atoms with E-state index in [1.54, 1.807) is 6.26 Å². The van der Waals surface area contributed by atoms with Crippen LogP contribution in [-0.4, -0.2) is 93.0 Å². The van der Waals surface area contributed by atoms with Crippen LogP contribution in [0.25, 0.3) is 0 Å². The third kappa shape index (κ3) is 10.1. The van der Waals surface area contributed by atoms with Gasteiger partial charge in [-0.15, -0.1) is 0 Å². The Morgan fingerprint density at radius 1 is 1.00 bits per heavy atom. The summed E-state index contributed by atoms with van der Waals surface area (Å²) in [6.45, 7) is 1.18. The first kappa shape index (κ1) is 28.0. The van der Waals surface area contributed by atoms with Crippen LogP contribution < -0.4 is 21.7 Å². The molecule has 0 aromatic heterocycles. The molecule has 30 heavy (non-hydrogen) atoms. The van der Waals surface area contributed by atoms with Gasteiger partial charge >= 0.3 is 11.9 Å². The average Bonchev–Trinajstić information content (AvgIpc) is 2.66. The van der Waals surface area contributed by atoms with E-state index in [0.29, 0.717) is 5.75 Å². The fourth-order valence-corrected chi connectivity index (χ4v) is 2.80. The Balaban J connectivity index is 5.35. The van der Waals surface area contributed by atoms with E-state index < -0.39 is 66.4 Å². The molecule has 5 atom stereocenters. The Hall–Kier alpha value is -2.03. The molecule has 172 valence electrons. The maximum atomic E-state index is 12.6. The van der Waals surface area contributed by atoms with Gasteiger partial charge in [-0.3, -0.25) is 19.2 Å². The van der Waals surface area contributed by atoms with E-state index in [2.05, 4.69) is 23.3 Å². The number of hydrogen-bond donors (Lipinski definition) is 8. The van der Waals surface area contributed by atoms with Crippen molar-refractivity contribution >= 4 is 54.1 Å². The summed E-state index contributed by atoms with van der Waals surface area (Å²) in [6.07, 6.45) is -0.347. The van der Waals surface area contributed by atoms with Crippen LogP contribution in [-0.2, 0) is 24.0 Å². The molecule has 0 rings (SSSR count). The lowest BCUT2D eigenvalue weighted by atomic mass is 10.1. The van der Waals surface area contributed by atoms with Gasteiger partial charge in [0.2, 0.25) is 17.7 Å². The van der Waals surface area contributed by atoms with Crippen LogP contribution in [0.15, 0.2) is 0 Å². The van der Waals surface area contributed by atoms with E-state index in [1.165, 1.54) is 18.7 Å². The summed E-state index contributed by atoms with van der Waals surface area (Å²) in [5, 5.41) is 34.3. The zero-order chi connectivity index (χ0) is 23.4. The Bertz CT molecular complexity index is 634. The molecule has 12 nitrogen and oxygen atoms in total. The predicted octanol–water partition coefficient (Wildman–Crippen LogP) is -2.61. The number of carbonyl (C=O) groups is 5. The molecule has 3 amide bonds. The summed E-state index contributed by atoms with van der Waals surface area (Å²) in [5.74, 6) is -5.03. The normalized spacial score (nSPS) is 15.8. The van der Waals surface area contributed by atoms with Gasteiger partial charge in [-0.25, -0.2) is 4.79 Å². The van der Waals surface area contributed by atoms with Crippen molar-refractivity contribution in [3.05, 3.63) is 0 Å². The molecule has 0 saturated carbocycles.